The molecule has 2 rings (SSSR count). The highest BCUT2D eigenvalue weighted by molar-refractivity contribution is 5.18. The Balaban J connectivity index is 1.72. The zero-order valence-corrected chi connectivity index (χ0v) is 10.4. The van der Waals surface area contributed by atoms with E-state index < -0.39 is 6.10 Å². The van der Waals surface area contributed by atoms with Crippen molar-refractivity contribution in [2.75, 3.05) is 26.3 Å². The van der Waals surface area contributed by atoms with Crippen molar-refractivity contribution >= 4 is 0 Å². The van der Waals surface area contributed by atoms with Crippen LogP contribution in [-0.4, -0.2) is 31.4 Å². The van der Waals surface area contributed by atoms with Crippen LogP contribution >= 0.6 is 0 Å². The second-order valence-electron chi connectivity index (χ2n) is 4.78. The lowest BCUT2D eigenvalue weighted by molar-refractivity contribution is 0.0649. The first-order chi connectivity index (χ1) is 8.75. The van der Waals surface area contributed by atoms with E-state index in [0.717, 1.165) is 32.6 Å². The number of aliphatic hydroxyl groups excluding tert-OH is 1. The molecule has 0 bridgehead atoms. The summed E-state index contributed by atoms with van der Waals surface area (Å²) in [4.78, 5) is 0. The number of benzene rings is 1. The molecule has 0 aliphatic carbocycles. The maximum atomic E-state index is 13.0. The monoisotopic (exact) mass is 253 g/mol. The number of hydrogen-bond acceptors (Lipinski definition) is 3. The van der Waals surface area contributed by atoms with Crippen LogP contribution in [0.4, 0.5) is 4.39 Å². The number of ether oxygens (including phenoxy) is 1. The summed E-state index contributed by atoms with van der Waals surface area (Å²) in [7, 11) is 0. The second kappa shape index (κ2) is 6.83. The molecule has 1 aliphatic heterocycles. The average Bonchev–Trinajstić information content (AvgIpc) is 2.40. The first-order valence-corrected chi connectivity index (χ1v) is 6.47. The molecule has 1 aromatic rings. The fraction of sp³-hybridized carbons (Fsp3) is 0.571. The molecule has 0 radical (unpaired) electrons. The Hall–Kier alpha value is -0.970. The lowest BCUT2D eigenvalue weighted by Crippen LogP contribution is -2.30. The zero-order valence-electron chi connectivity index (χ0n) is 10.4. The van der Waals surface area contributed by atoms with Crippen molar-refractivity contribution in [2.24, 2.45) is 5.92 Å². The van der Waals surface area contributed by atoms with E-state index in [-0.39, 0.29) is 5.82 Å². The van der Waals surface area contributed by atoms with E-state index in [1.165, 1.54) is 12.1 Å². The lowest BCUT2D eigenvalue weighted by atomic mass is 10.0. The molecule has 3 nitrogen and oxygen atoms in total. The van der Waals surface area contributed by atoms with Crippen molar-refractivity contribution < 1.29 is 14.2 Å². The number of hydrogen-bond donors (Lipinski definition) is 2. The Kier molecular flexibility index (Phi) is 5.11. The van der Waals surface area contributed by atoms with Gasteiger partial charge >= 0.3 is 0 Å². The van der Waals surface area contributed by atoms with Gasteiger partial charge in [-0.1, -0.05) is 12.1 Å². The van der Waals surface area contributed by atoms with Crippen molar-refractivity contribution in [3.63, 3.8) is 0 Å². The summed E-state index contributed by atoms with van der Waals surface area (Å²) in [6.07, 6.45) is 1.49. The Labute approximate surface area is 107 Å². The van der Waals surface area contributed by atoms with Crippen LogP contribution in [0.1, 0.15) is 24.5 Å². The minimum atomic E-state index is -0.652. The van der Waals surface area contributed by atoms with E-state index in [4.69, 9.17) is 4.74 Å². The number of rotatable bonds is 5. The Bertz CT molecular complexity index is 367. The third kappa shape index (κ3) is 4.05. The molecular formula is C14H20FNO2. The molecule has 1 heterocycles. The van der Waals surface area contributed by atoms with Crippen LogP contribution in [0.25, 0.3) is 0 Å². The lowest BCUT2D eigenvalue weighted by Gasteiger charge is -2.23. The van der Waals surface area contributed by atoms with Gasteiger partial charge in [-0.3, -0.25) is 0 Å². The average molecular weight is 253 g/mol. The molecule has 0 amide bonds. The Morgan fingerprint density at radius 3 is 2.89 bits per heavy atom. The number of aliphatic hydroxyl groups is 1. The van der Waals surface area contributed by atoms with E-state index in [9.17, 15) is 9.50 Å². The standard InChI is InChI=1S/C14H20FNO2/c15-13-3-1-2-12(8-13)14(17)10-16-9-11-4-6-18-7-5-11/h1-3,8,11,14,16-17H,4-7,9-10H2. The molecule has 1 atom stereocenters. The van der Waals surface area contributed by atoms with E-state index in [0.29, 0.717) is 18.0 Å². The molecule has 0 aromatic heterocycles. The quantitative estimate of drug-likeness (QED) is 0.842. The van der Waals surface area contributed by atoms with Crippen LogP contribution < -0.4 is 5.32 Å². The third-order valence-electron chi connectivity index (χ3n) is 3.35. The molecule has 1 fully saturated rings. The molecule has 0 saturated carbocycles. The van der Waals surface area contributed by atoms with Gasteiger partial charge in [-0.2, -0.15) is 0 Å². The molecule has 18 heavy (non-hydrogen) atoms. The van der Waals surface area contributed by atoms with E-state index in [1.54, 1.807) is 12.1 Å². The van der Waals surface area contributed by atoms with Gasteiger partial charge in [0.05, 0.1) is 6.10 Å². The normalized spacial score (nSPS) is 18.8. The maximum Gasteiger partial charge on any atom is 0.123 e. The topological polar surface area (TPSA) is 41.5 Å². The summed E-state index contributed by atoms with van der Waals surface area (Å²) >= 11 is 0. The Morgan fingerprint density at radius 1 is 1.39 bits per heavy atom. The highest BCUT2D eigenvalue weighted by Gasteiger charge is 2.14. The van der Waals surface area contributed by atoms with Gasteiger partial charge in [0.15, 0.2) is 0 Å². The zero-order chi connectivity index (χ0) is 12.8. The molecule has 4 heteroatoms. The van der Waals surface area contributed by atoms with Gasteiger partial charge in [0.1, 0.15) is 5.82 Å². The van der Waals surface area contributed by atoms with Gasteiger partial charge < -0.3 is 15.2 Å². The smallest absolute Gasteiger partial charge is 0.123 e. The van der Waals surface area contributed by atoms with Crippen molar-refractivity contribution in [3.05, 3.63) is 35.6 Å². The number of halogens is 1. The van der Waals surface area contributed by atoms with Crippen molar-refractivity contribution in [2.45, 2.75) is 18.9 Å². The van der Waals surface area contributed by atoms with Gasteiger partial charge in [-0.05, 0) is 43.0 Å². The van der Waals surface area contributed by atoms with Gasteiger partial charge in [0.25, 0.3) is 0 Å². The molecule has 2 N–H and O–H groups in total. The van der Waals surface area contributed by atoms with Gasteiger partial charge in [0.2, 0.25) is 0 Å². The molecule has 1 aliphatic rings. The third-order valence-corrected chi connectivity index (χ3v) is 3.35. The second-order valence-corrected chi connectivity index (χ2v) is 4.78. The minimum Gasteiger partial charge on any atom is -0.387 e. The molecule has 1 aromatic carbocycles. The largest absolute Gasteiger partial charge is 0.387 e. The van der Waals surface area contributed by atoms with Crippen LogP contribution in [0, 0.1) is 11.7 Å². The predicted octanol–water partition coefficient (Wildman–Crippen LogP) is 1.88. The first-order valence-electron chi connectivity index (χ1n) is 6.47. The van der Waals surface area contributed by atoms with Crippen LogP contribution in [-0.2, 0) is 4.74 Å². The summed E-state index contributed by atoms with van der Waals surface area (Å²) in [5, 5.41) is 13.2. The maximum absolute atomic E-state index is 13.0. The summed E-state index contributed by atoms with van der Waals surface area (Å²) < 4.78 is 18.3. The summed E-state index contributed by atoms with van der Waals surface area (Å²) in [5.41, 5.74) is 0.620. The molecule has 100 valence electrons. The fourth-order valence-electron chi connectivity index (χ4n) is 2.21. The van der Waals surface area contributed by atoms with Crippen LogP contribution in [0.2, 0.25) is 0 Å². The molecule has 1 saturated heterocycles. The van der Waals surface area contributed by atoms with Crippen molar-refractivity contribution in [1.29, 1.82) is 0 Å². The fourth-order valence-corrected chi connectivity index (χ4v) is 2.21. The minimum absolute atomic E-state index is 0.309. The van der Waals surface area contributed by atoms with Gasteiger partial charge in [-0.15, -0.1) is 0 Å². The van der Waals surface area contributed by atoms with Crippen LogP contribution in [0.3, 0.4) is 0 Å². The van der Waals surface area contributed by atoms with Crippen molar-refractivity contribution in [3.8, 4) is 0 Å². The van der Waals surface area contributed by atoms with Crippen molar-refractivity contribution in [1.82, 2.24) is 5.32 Å². The highest BCUT2D eigenvalue weighted by Crippen LogP contribution is 2.15. The predicted molar refractivity (Wildman–Crippen MR) is 67.8 cm³/mol. The molecular weight excluding hydrogens is 233 g/mol. The Morgan fingerprint density at radius 2 is 2.17 bits per heavy atom. The van der Waals surface area contributed by atoms with Gasteiger partial charge in [0, 0.05) is 19.8 Å². The molecule has 1 unspecified atom stereocenters. The summed E-state index contributed by atoms with van der Waals surface area (Å²) in [6.45, 7) is 3.01. The SMILES string of the molecule is OC(CNCC1CCOCC1)c1cccc(F)c1. The highest BCUT2D eigenvalue weighted by atomic mass is 19.1. The van der Waals surface area contributed by atoms with Crippen LogP contribution in [0.5, 0.6) is 0 Å². The van der Waals surface area contributed by atoms with E-state index in [2.05, 4.69) is 5.32 Å². The van der Waals surface area contributed by atoms with E-state index in [1.807, 2.05) is 0 Å². The number of nitrogens with one attached hydrogen (secondary N) is 1. The summed E-state index contributed by atoms with van der Waals surface area (Å²) in [6, 6.07) is 6.11. The van der Waals surface area contributed by atoms with E-state index >= 15 is 0 Å². The first kappa shape index (κ1) is 13.5. The molecule has 0 spiro atoms. The van der Waals surface area contributed by atoms with Gasteiger partial charge in [-0.25, -0.2) is 4.39 Å². The summed E-state index contributed by atoms with van der Waals surface area (Å²) in [5.74, 6) is 0.314. The van der Waals surface area contributed by atoms with Crippen LogP contribution in [0.15, 0.2) is 24.3 Å².